The van der Waals surface area contributed by atoms with Crippen molar-refractivity contribution in [2.24, 2.45) is 0 Å². The third-order valence-electron chi connectivity index (χ3n) is 4.54. The topological polar surface area (TPSA) is 91.0 Å². The lowest BCUT2D eigenvalue weighted by atomic mass is 10.1. The Morgan fingerprint density at radius 2 is 1.85 bits per heavy atom. The molecule has 3 amide bonds. The maximum atomic E-state index is 12.4. The molecule has 146 valence electrons. The number of nitrogens with one attached hydrogen (secondary N) is 2. The van der Waals surface area contributed by atoms with Crippen molar-refractivity contribution in [1.29, 1.82) is 0 Å². The first-order valence-electron chi connectivity index (χ1n) is 9.27. The van der Waals surface area contributed by atoms with E-state index in [-0.39, 0.29) is 36.9 Å². The van der Waals surface area contributed by atoms with E-state index in [0.717, 1.165) is 12.8 Å². The van der Waals surface area contributed by atoms with Gasteiger partial charge in [-0.05, 0) is 32.0 Å². The molecule has 2 fully saturated rings. The van der Waals surface area contributed by atoms with Gasteiger partial charge in [-0.3, -0.25) is 19.3 Å². The summed E-state index contributed by atoms with van der Waals surface area (Å²) in [6.07, 6.45) is 2.00. The molecule has 1 aromatic rings. The Kier molecular flexibility index (Phi) is 6.41. The summed E-state index contributed by atoms with van der Waals surface area (Å²) >= 11 is 0. The monoisotopic (exact) mass is 374 g/mol. The second-order valence-corrected chi connectivity index (χ2v) is 7.01. The van der Waals surface area contributed by atoms with Crippen molar-refractivity contribution in [1.82, 2.24) is 15.1 Å². The molecule has 1 aliphatic heterocycles. The largest absolute Gasteiger partial charge is 0.378 e. The van der Waals surface area contributed by atoms with Crippen LogP contribution in [0.25, 0.3) is 0 Å². The number of ether oxygens (including phenoxy) is 1. The summed E-state index contributed by atoms with van der Waals surface area (Å²) in [6, 6.07) is 7.19. The van der Waals surface area contributed by atoms with Crippen LogP contribution in [-0.2, 0) is 14.3 Å². The summed E-state index contributed by atoms with van der Waals surface area (Å²) in [7, 11) is 1.73. The summed E-state index contributed by atoms with van der Waals surface area (Å²) in [4.78, 5) is 40.3. The third kappa shape index (κ3) is 5.77. The minimum absolute atomic E-state index is 0.0159. The fourth-order valence-corrected chi connectivity index (χ4v) is 2.92. The van der Waals surface area contributed by atoms with E-state index in [1.54, 1.807) is 41.1 Å². The lowest BCUT2D eigenvalue weighted by molar-refractivity contribution is -0.136. The summed E-state index contributed by atoms with van der Waals surface area (Å²) in [6.45, 7) is 2.50. The quantitative estimate of drug-likeness (QED) is 0.717. The predicted molar refractivity (Wildman–Crippen MR) is 100 cm³/mol. The van der Waals surface area contributed by atoms with Crippen LogP contribution in [0.2, 0.25) is 0 Å². The van der Waals surface area contributed by atoms with Crippen molar-refractivity contribution in [3.63, 3.8) is 0 Å². The van der Waals surface area contributed by atoms with E-state index in [1.165, 1.54) is 0 Å². The van der Waals surface area contributed by atoms with Crippen molar-refractivity contribution in [2.75, 3.05) is 51.8 Å². The first-order chi connectivity index (χ1) is 13.0. The number of rotatable bonds is 7. The lowest BCUT2D eigenvalue weighted by Gasteiger charge is -2.28. The number of carbonyl (C=O) groups excluding carboxylic acids is 3. The Bertz CT molecular complexity index is 699. The second kappa shape index (κ2) is 8.96. The molecule has 8 nitrogen and oxygen atoms in total. The molecule has 0 radical (unpaired) electrons. The van der Waals surface area contributed by atoms with E-state index >= 15 is 0 Å². The molecule has 1 saturated heterocycles. The van der Waals surface area contributed by atoms with Crippen LogP contribution in [0.4, 0.5) is 5.69 Å². The van der Waals surface area contributed by atoms with Crippen molar-refractivity contribution in [2.45, 2.75) is 18.9 Å². The molecule has 1 aromatic carbocycles. The van der Waals surface area contributed by atoms with Gasteiger partial charge in [0, 0.05) is 19.1 Å². The molecule has 27 heavy (non-hydrogen) atoms. The summed E-state index contributed by atoms with van der Waals surface area (Å²) in [5.41, 5.74) is 0.929. The molecule has 0 atom stereocenters. The molecule has 0 bridgehead atoms. The van der Waals surface area contributed by atoms with Gasteiger partial charge >= 0.3 is 0 Å². The molecule has 0 unspecified atom stereocenters. The standard InChI is InChI=1S/C19H26N4O4/c1-22(13-18(25)23-8-10-27-11-9-23)12-17(24)21-16-5-3-2-4-15(16)19(26)20-14-6-7-14/h2-5,14H,6-13H2,1H3,(H,20,26)(H,21,24). The van der Waals surface area contributed by atoms with Gasteiger partial charge in [0.1, 0.15) is 0 Å². The molecule has 8 heteroatoms. The zero-order valence-corrected chi connectivity index (χ0v) is 15.6. The maximum absolute atomic E-state index is 12.4. The molecule has 3 rings (SSSR count). The minimum Gasteiger partial charge on any atom is -0.378 e. The Balaban J connectivity index is 1.51. The predicted octanol–water partition coefficient (Wildman–Crippen LogP) is 0.308. The van der Waals surface area contributed by atoms with Crippen LogP contribution in [0.15, 0.2) is 24.3 Å². The minimum atomic E-state index is -0.265. The SMILES string of the molecule is CN(CC(=O)Nc1ccccc1C(=O)NC1CC1)CC(=O)N1CCOCC1. The highest BCUT2D eigenvalue weighted by Crippen LogP contribution is 2.21. The normalized spacial score (nSPS) is 16.9. The van der Waals surface area contributed by atoms with Crippen molar-refractivity contribution in [3.05, 3.63) is 29.8 Å². The number of anilines is 1. The first-order valence-corrected chi connectivity index (χ1v) is 9.27. The van der Waals surface area contributed by atoms with Crippen LogP contribution in [0.3, 0.4) is 0 Å². The molecule has 2 aliphatic rings. The summed E-state index contributed by atoms with van der Waals surface area (Å²) in [5.74, 6) is -0.457. The van der Waals surface area contributed by atoms with E-state index < -0.39 is 0 Å². The van der Waals surface area contributed by atoms with E-state index in [9.17, 15) is 14.4 Å². The highest BCUT2D eigenvalue weighted by Gasteiger charge is 2.25. The molecule has 1 heterocycles. The number of amides is 3. The average Bonchev–Trinajstić information content (AvgIpc) is 3.46. The van der Waals surface area contributed by atoms with Crippen LogP contribution in [0.1, 0.15) is 23.2 Å². The zero-order valence-electron chi connectivity index (χ0n) is 15.6. The highest BCUT2D eigenvalue weighted by atomic mass is 16.5. The first kappa shape index (κ1) is 19.3. The van der Waals surface area contributed by atoms with Gasteiger partial charge < -0.3 is 20.3 Å². The van der Waals surface area contributed by atoms with E-state index in [0.29, 0.717) is 37.6 Å². The number of benzene rings is 1. The number of hydrogen-bond acceptors (Lipinski definition) is 5. The average molecular weight is 374 g/mol. The van der Waals surface area contributed by atoms with Gasteiger partial charge in [0.05, 0.1) is 37.6 Å². The van der Waals surface area contributed by atoms with Gasteiger partial charge in [-0.1, -0.05) is 12.1 Å². The smallest absolute Gasteiger partial charge is 0.253 e. The molecule has 1 saturated carbocycles. The van der Waals surface area contributed by atoms with Crippen molar-refractivity contribution < 1.29 is 19.1 Å². The number of morpholine rings is 1. The van der Waals surface area contributed by atoms with E-state index in [1.807, 2.05) is 0 Å². The summed E-state index contributed by atoms with van der Waals surface area (Å²) < 4.78 is 5.24. The van der Waals surface area contributed by atoms with Gasteiger partial charge in [-0.2, -0.15) is 0 Å². The molecular formula is C19H26N4O4. The Morgan fingerprint density at radius 1 is 1.15 bits per heavy atom. The number of nitrogens with zero attached hydrogens (tertiary/aromatic N) is 2. The Morgan fingerprint density at radius 3 is 2.56 bits per heavy atom. The highest BCUT2D eigenvalue weighted by molar-refractivity contribution is 6.04. The molecule has 1 aliphatic carbocycles. The van der Waals surface area contributed by atoms with Gasteiger partial charge in [0.25, 0.3) is 5.91 Å². The van der Waals surface area contributed by atoms with Crippen LogP contribution in [0, 0.1) is 0 Å². The Labute approximate surface area is 158 Å². The van der Waals surface area contributed by atoms with Gasteiger partial charge in [0.2, 0.25) is 11.8 Å². The van der Waals surface area contributed by atoms with Gasteiger partial charge in [-0.15, -0.1) is 0 Å². The van der Waals surface area contributed by atoms with Gasteiger partial charge in [0.15, 0.2) is 0 Å². The molecular weight excluding hydrogens is 348 g/mol. The van der Waals surface area contributed by atoms with Crippen molar-refractivity contribution >= 4 is 23.4 Å². The van der Waals surface area contributed by atoms with Gasteiger partial charge in [-0.25, -0.2) is 0 Å². The maximum Gasteiger partial charge on any atom is 0.253 e. The van der Waals surface area contributed by atoms with Crippen LogP contribution in [0.5, 0.6) is 0 Å². The third-order valence-corrected chi connectivity index (χ3v) is 4.54. The fourth-order valence-electron chi connectivity index (χ4n) is 2.92. The number of carbonyl (C=O) groups is 3. The summed E-state index contributed by atoms with van der Waals surface area (Å²) in [5, 5.41) is 5.71. The number of hydrogen-bond donors (Lipinski definition) is 2. The molecule has 0 aromatic heterocycles. The molecule has 0 spiro atoms. The zero-order chi connectivity index (χ0) is 19.2. The fraction of sp³-hybridized carbons (Fsp3) is 0.526. The molecule has 2 N–H and O–H groups in total. The van der Waals surface area contributed by atoms with E-state index in [4.69, 9.17) is 4.74 Å². The van der Waals surface area contributed by atoms with Crippen LogP contribution < -0.4 is 10.6 Å². The number of para-hydroxylation sites is 1. The number of likely N-dealkylation sites (N-methyl/N-ethyl adjacent to an activating group) is 1. The second-order valence-electron chi connectivity index (χ2n) is 7.01. The van der Waals surface area contributed by atoms with E-state index in [2.05, 4.69) is 10.6 Å². The lowest BCUT2D eigenvalue weighted by Crippen LogP contribution is -2.46. The Hall–Kier alpha value is -2.45. The van der Waals surface area contributed by atoms with Crippen molar-refractivity contribution in [3.8, 4) is 0 Å². The van der Waals surface area contributed by atoms with Crippen LogP contribution in [-0.4, -0.2) is 80.0 Å². The van der Waals surface area contributed by atoms with Crippen LogP contribution >= 0.6 is 0 Å².